The predicted octanol–water partition coefficient (Wildman–Crippen LogP) is 5.73. The van der Waals surface area contributed by atoms with E-state index in [4.69, 9.17) is 35.1 Å². The van der Waals surface area contributed by atoms with E-state index >= 15 is 0 Å². The van der Waals surface area contributed by atoms with Crippen molar-refractivity contribution in [2.45, 2.75) is 115 Å². The molecule has 10 nitrogen and oxygen atoms in total. The highest BCUT2D eigenvalue weighted by atomic mass is 16.7. The molecule has 1 fully saturated rings. The van der Waals surface area contributed by atoms with Crippen molar-refractivity contribution in [3.8, 4) is 18.2 Å². The molecule has 1 saturated heterocycles. The van der Waals surface area contributed by atoms with Crippen molar-refractivity contribution in [1.29, 1.82) is 15.8 Å². The molecule has 0 aliphatic carbocycles. The van der Waals surface area contributed by atoms with Gasteiger partial charge in [-0.15, -0.1) is 0 Å². The highest BCUT2D eigenvalue weighted by molar-refractivity contribution is 5.87. The number of benzene rings is 1. The maximum atomic E-state index is 10.4. The van der Waals surface area contributed by atoms with Crippen LogP contribution in [0.1, 0.15) is 101 Å². The average molecular weight is 587 g/mol. The second-order valence-electron chi connectivity index (χ2n) is 9.52. The molecule has 4 atom stereocenters. The van der Waals surface area contributed by atoms with E-state index in [0.717, 1.165) is 64.3 Å². The zero-order valence-corrected chi connectivity index (χ0v) is 25.4. The summed E-state index contributed by atoms with van der Waals surface area (Å²) in [6.07, 6.45) is 7.67. The molecule has 0 radical (unpaired) electrons. The molecule has 1 aliphatic rings. The first kappa shape index (κ1) is 39.0. The largest absolute Gasteiger partial charge is 0.478 e. The highest BCUT2D eigenvalue weighted by Crippen LogP contribution is 2.26. The Labute approximate surface area is 252 Å². The smallest absolute Gasteiger partial charge is 0.335 e. The summed E-state index contributed by atoms with van der Waals surface area (Å²) in [7, 11) is 0. The average Bonchev–Trinajstić information content (AvgIpc) is 3.31. The number of aliphatic hydroxyl groups is 1. The fraction of sp³-hybridized carbons (Fsp3) is 0.688. The van der Waals surface area contributed by atoms with Gasteiger partial charge in [-0.1, -0.05) is 51.3 Å². The number of hydrogen-bond acceptors (Lipinski definition) is 9. The van der Waals surface area contributed by atoms with Gasteiger partial charge >= 0.3 is 5.97 Å². The molecule has 0 saturated carbocycles. The van der Waals surface area contributed by atoms with Gasteiger partial charge in [0, 0.05) is 39.0 Å². The highest BCUT2D eigenvalue weighted by Gasteiger charge is 2.45. The van der Waals surface area contributed by atoms with Crippen molar-refractivity contribution in [2.75, 3.05) is 26.3 Å². The summed E-state index contributed by atoms with van der Waals surface area (Å²) in [6, 6.07) is 14.7. The fourth-order valence-electron chi connectivity index (χ4n) is 4.11. The SMILES string of the molecule is CC.N#CCCCCCNCC1OC(O)C(OCCCCCC#N)C1OCCCCCC#N.O=C(O)c1ccccc1. The van der Waals surface area contributed by atoms with Crippen LogP contribution >= 0.6 is 0 Å². The number of carbonyl (C=O) groups is 1. The van der Waals surface area contributed by atoms with Crippen LogP contribution in [-0.2, 0) is 14.2 Å². The van der Waals surface area contributed by atoms with E-state index in [0.29, 0.717) is 44.6 Å². The summed E-state index contributed by atoms with van der Waals surface area (Å²) in [5.41, 5.74) is 0.331. The Morgan fingerprint density at radius 2 is 1.31 bits per heavy atom. The topological polar surface area (TPSA) is 169 Å². The van der Waals surface area contributed by atoms with Crippen molar-refractivity contribution in [1.82, 2.24) is 5.32 Å². The molecule has 2 rings (SSSR count). The van der Waals surface area contributed by atoms with Gasteiger partial charge in [0.1, 0.15) is 18.3 Å². The Bertz CT molecular complexity index is 912. The molecule has 1 aromatic carbocycles. The number of nitrogens with one attached hydrogen (secondary N) is 1. The number of rotatable bonds is 20. The van der Waals surface area contributed by atoms with E-state index in [9.17, 15) is 9.90 Å². The molecule has 42 heavy (non-hydrogen) atoms. The first-order valence-electron chi connectivity index (χ1n) is 15.2. The number of ether oxygens (including phenoxy) is 3. The van der Waals surface area contributed by atoms with Crippen molar-refractivity contribution >= 4 is 5.97 Å². The van der Waals surface area contributed by atoms with E-state index in [-0.39, 0.29) is 12.2 Å². The van der Waals surface area contributed by atoms with E-state index in [1.165, 1.54) is 0 Å². The minimum Gasteiger partial charge on any atom is -0.478 e. The van der Waals surface area contributed by atoms with Crippen LogP contribution in [0.4, 0.5) is 0 Å². The maximum absolute atomic E-state index is 10.4. The van der Waals surface area contributed by atoms with Crippen LogP contribution in [0.2, 0.25) is 0 Å². The first-order valence-corrected chi connectivity index (χ1v) is 15.2. The third kappa shape index (κ3) is 19.1. The van der Waals surface area contributed by atoms with Crippen LogP contribution in [0.5, 0.6) is 0 Å². The third-order valence-corrected chi connectivity index (χ3v) is 6.28. The van der Waals surface area contributed by atoms with Gasteiger partial charge in [0.25, 0.3) is 0 Å². The summed E-state index contributed by atoms with van der Waals surface area (Å²) in [6.45, 7) is 6.43. The van der Waals surface area contributed by atoms with Gasteiger partial charge in [-0.2, -0.15) is 15.8 Å². The van der Waals surface area contributed by atoms with Gasteiger partial charge in [0.15, 0.2) is 6.29 Å². The quantitative estimate of drug-likeness (QED) is 0.160. The Morgan fingerprint density at radius 3 is 1.79 bits per heavy atom. The van der Waals surface area contributed by atoms with Gasteiger partial charge in [0.05, 0.1) is 23.8 Å². The number of carboxylic acids is 1. The lowest BCUT2D eigenvalue weighted by molar-refractivity contribution is -0.144. The molecular formula is C32H50N4O6. The van der Waals surface area contributed by atoms with Crippen molar-refractivity contribution in [3.05, 3.63) is 35.9 Å². The Kier molecular flexibility index (Phi) is 26.1. The summed E-state index contributed by atoms with van der Waals surface area (Å²) < 4.78 is 17.7. The minimum absolute atomic E-state index is 0.295. The first-order chi connectivity index (χ1) is 20.5. The molecule has 1 heterocycles. The van der Waals surface area contributed by atoms with Crippen LogP contribution in [0.3, 0.4) is 0 Å². The van der Waals surface area contributed by atoms with Crippen molar-refractivity contribution < 1.29 is 29.2 Å². The summed E-state index contributed by atoms with van der Waals surface area (Å²) >= 11 is 0. The monoisotopic (exact) mass is 586 g/mol. The van der Waals surface area contributed by atoms with E-state index in [1.54, 1.807) is 30.3 Å². The standard InChI is InChI=1S/C23H38N4O4.C7H6O2.C2H6/c24-13-7-1-4-10-16-27-19-20-21(29-17-11-5-2-8-14-25)22(23(28)31-20)30-18-12-6-3-9-15-26;8-7(9)6-4-2-1-3-5-6;1-2/h20-23,27-28H,1-12,16-19H2;1-5H,(H,8,9);1-2H3. The number of aliphatic hydroxyl groups excluding tert-OH is 1. The number of hydrogen-bond donors (Lipinski definition) is 3. The van der Waals surface area contributed by atoms with Gasteiger partial charge in [-0.05, 0) is 57.2 Å². The maximum Gasteiger partial charge on any atom is 0.335 e. The van der Waals surface area contributed by atoms with Crippen LogP contribution in [0.15, 0.2) is 30.3 Å². The Hall–Kier alpha value is -3.04. The van der Waals surface area contributed by atoms with Gasteiger partial charge in [-0.3, -0.25) is 0 Å². The van der Waals surface area contributed by atoms with E-state index in [1.807, 2.05) is 13.8 Å². The molecule has 234 valence electrons. The molecule has 1 aliphatic heterocycles. The Balaban J connectivity index is 0.00000128. The van der Waals surface area contributed by atoms with Gasteiger partial charge in [-0.25, -0.2) is 4.79 Å². The number of carboxylic acid groups (broad SMARTS) is 1. The third-order valence-electron chi connectivity index (χ3n) is 6.28. The number of nitriles is 3. The molecule has 10 heteroatoms. The van der Waals surface area contributed by atoms with Gasteiger partial charge in [0.2, 0.25) is 0 Å². The Morgan fingerprint density at radius 1 is 0.810 bits per heavy atom. The summed E-state index contributed by atoms with van der Waals surface area (Å²) in [4.78, 5) is 10.2. The predicted molar refractivity (Wildman–Crippen MR) is 160 cm³/mol. The second-order valence-corrected chi connectivity index (χ2v) is 9.52. The van der Waals surface area contributed by atoms with Crippen LogP contribution < -0.4 is 5.32 Å². The van der Waals surface area contributed by atoms with E-state index < -0.39 is 18.4 Å². The molecule has 1 aromatic rings. The number of nitrogens with zero attached hydrogens (tertiary/aromatic N) is 3. The van der Waals surface area contributed by atoms with E-state index in [2.05, 4.69) is 23.5 Å². The molecule has 3 N–H and O–H groups in total. The lowest BCUT2D eigenvalue weighted by Crippen LogP contribution is -2.42. The fourth-order valence-corrected chi connectivity index (χ4v) is 4.11. The molecule has 0 spiro atoms. The zero-order chi connectivity index (χ0) is 31.3. The van der Waals surface area contributed by atoms with Crippen LogP contribution in [-0.4, -0.2) is 67.1 Å². The lowest BCUT2D eigenvalue weighted by atomic mass is 10.1. The van der Waals surface area contributed by atoms with Crippen molar-refractivity contribution in [2.24, 2.45) is 0 Å². The van der Waals surface area contributed by atoms with Crippen molar-refractivity contribution in [3.63, 3.8) is 0 Å². The number of unbranched alkanes of at least 4 members (excludes halogenated alkanes) is 9. The molecule has 4 unspecified atom stereocenters. The summed E-state index contributed by atoms with van der Waals surface area (Å²) in [5, 5.41) is 47.9. The normalized spacial score (nSPS) is 18.8. The van der Waals surface area contributed by atoms with Crippen LogP contribution in [0.25, 0.3) is 0 Å². The molecule has 0 bridgehead atoms. The summed E-state index contributed by atoms with van der Waals surface area (Å²) in [5.74, 6) is -0.879. The minimum atomic E-state index is -1.02. The molecule has 0 amide bonds. The lowest BCUT2D eigenvalue weighted by Gasteiger charge is -2.24. The van der Waals surface area contributed by atoms with Gasteiger partial charge < -0.3 is 29.7 Å². The number of aromatic carboxylic acids is 1. The zero-order valence-electron chi connectivity index (χ0n) is 25.4. The molecular weight excluding hydrogens is 536 g/mol. The second kappa shape index (κ2) is 28.1. The molecule has 0 aromatic heterocycles. The van der Waals surface area contributed by atoms with Crippen LogP contribution in [0, 0.1) is 34.0 Å².